The predicted molar refractivity (Wildman–Crippen MR) is 70.1 cm³/mol. The molecule has 1 saturated heterocycles. The van der Waals surface area contributed by atoms with E-state index in [2.05, 4.69) is 0 Å². The van der Waals surface area contributed by atoms with Crippen LogP contribution < -0.4 is 0 Å². The number of carbonyl (C=O) groups is 2. The number of ether oxygens (including phenoxy) is 1. The second-order valence-electron chi connectivity index (χ2n) is 4.36. The van der Waals surface area contributed by atoms with Gasteiger partial charge in [0, 0.05) is 11.1 Å². The topological polar surface area (TPSA) is 43.4 Å². The van der Waals surface area contributed by atoms with Crippen LogP contribution in [0.2, 0.25) is 0 Å². The quantitative estimate of drug-likeness (QED) is 0.616. The Morgan fingerprint density at radius 3 is 2.94 bits per heavy atom. The summed E-state index contributed by atoms with van der Waals surface area (Å²) in [4.78, 5) is 24.7. The molecule has 0 radical (unpaired) electrons. The monoisotopic (exact) mass is 260 g/mol. The lowest BCUT2D eigenvalue weighted by Gasteiger charge is -2.18. The molecule has 0 bridgehead atoms. The van der Waals surface area contributed by atoms with Crippen molar-refractivity contribution in [2.24, 2.45) is 5.92 Å². The average molecular weight is 260 g/mol. The summed E-state index contributed by atoms with van der Waals surface area (Å²) in [5, 5.41) is 1.05. The molecule has 0 spiro atoms. The van der Waals surface area contributed by atoms with Gasteiger partial charge in [-0.2, -0.15) is 0 Å². The number of benzene rings is 1. The van der Waals surface area contributed by atoms with Gasteiger partial charge in [-0.25, -0.2) is 0 Å². The van der Waals surface area contributed by atoms with E-state index < -0.39 is 5.92 Å². The number of thiophene rings is 1. The first kappa shape index (κ1) is 11.6. The van der Waals surface area contributed by atoms with Crippen LogP contribution in [-0.4, -0.2) is 24.8 Å². The number of ketones is 2. The lowest BCUT2D eigenvalue weighted by atomic mass is 9.95. The molecule has 3 rings (SSSR count). The summed E-state index contributed by atoms with van der Waals surface area (Å²) >= 11 is 1.44. The first-order valence-electron chi connectivity index (χ1n) is 5.89. The second kappa shape index (κ2) is 4.63. The van der Waals surface area contributed by atoms with Crippen LogP contribution in [-0.2, 0) is 9.53 Å². The van der Waals surface area contributed by atoms with Gasteiger partial charge in [0.1, 0.15) is 11.7 Å². The van der Waals surface area contributed by atoms with E-state index in [1.54, 1.807) is 0 Å². The molecule has 18 heavy (non-hydrogen) atoms. The smallest absolute Gasteiger partial charge is 0.185 e. The summed E-state index contributed by atoms with van der Waals surface area (Å²) in [5.74, 6) is -0.698. The minimum Gasteiger partial charge on any atom is -0.380 e. The first-order chi connectivity index (χ1) is 8.75. The Bertz CT molecular complexity index is 581. The second-order valence-corrected chi connectivity index (χ2v) is 5.44. The molecule has 1 aliphatic heterocycles. The third kappa shape index (κ3) is 1.98. The lowest BCUT2D eigenvalue weighted by Crippen LogP contribution is -2.33. The standard InChI is InChI=1S/C14H12O3S/c15-11-5-6-17-8-10(11)14(16)13-7-9-3-1-2-4-12(9)18-13/h1-4,7,10H,5-6,8H2. The molecule has 3 nitrogen and oxygen atoms in total. The molecule has 1 unspecified atom stereocenters. The Labute approximate surface area is 108 Å². The van der Waals surface area contributed by atoms with Crippen LogP contribution in [0.15, 0.2) is 30.3 Å². The summed E-state index contributed by atoms with van der Waals surface area (Å²) in [5.41, 5.74) is 0. The summed E-state index contributed by atoms with van der Waals surface area (Å²) in [6.45, 7) is 0.668. The third-order valence-electron chi connectivity index (χ3n) is 3.15. The Kier molecular flexibility index (Phi) is 2.97. The van der Waals surface area contributed by atoms with E-state index in [9.17, 15) is 9.59 Å². The van der Waals surface area contributed by atoms with Gasteiger partial charge >= 0.3 is 0 Å². The van der Waals surface area contributed by atoms with Gasteiger partial charge in [-0.15, -0.1) is 11.3 Å². The van der Waals surface area contributed by atoms with Gasteiger partial charge < -0.3 is 4.74 Å². The van der Waals surface area contributed by atoms with E-state index in [0.717, 1.165) is 10.1 Å². The molecule has 0 amide bonds. The van der Waals surface area contributed by atoms with Crippen molar-refractivity contribution in [1.82, 2.24) is 0 Å². The van der Waals surface area contributed by atoms with Crippen molar-refractivity contribution in [2.75, 3.05) is 13.2 Å². The van der Waals surface area contributed by atoms with Crippen LogP contribution in [0.5, 0.6) is 0 Å². The highest BCUT2D eigenvalue weighted by Crippen LogP contribution is 2.28. The zero-order chi connectivity index (χ0) is 12.5. The zero-order valence-corrected chi connectivity index (χ0v) is 10.5. The maximum absolute atomic E-state index is 12.3. The molecule has 92 valence electrons. The minimum absolute atomic E-state index is 0.00343. The molecule has 0 N–H and O–H groups in total. The molecule has 0 aliphatic carbocycles. The highest BCUT2D eigenvalue weighted by atomic mass is 32.1. The molecule has 2 aromatic rings. The molecule has 2 heterocycles. The Hall–Kier alpha value is -1.52. The third-order valence-corrected chi connectivity index (χ3v) is 4.28. The maximum Gasteiger partial charge on any atom is 0.185 e. The summed E-state index contributed by atoms with van der Waals surface area (Å²) in [6.07, 6.45) is 0.349. The van der Waals surface area contributed by atoms with Gasteiger partial charge in [0.05, 0.1) is 18.1 Å². The number of fused-ring (bicyclic) bond motifs is 1. The van der Waals surface area contributed by atoms with Crippen LogP contribution in [0, 0.1) is 5.92 Å². The fourth-order valence-corrected chi connectivity index (χ4v) is 3.20. The van der Waals surface area contributed by atoms with E-state index in [1.165, 1.54) is 11.3 Å². The van der Waals surface area contributed by atoms with Gasteiger partial charge in [-0.05, 0) is 17.5 Å². The Morgan fingerprint density at radius 1 is 1.33 bits per heavy atom. The largest absolute Gasteiger partial charge is 0.380 e. The van der Waals surface area contributed by atoms with E-state index in [1.807, 2.05) is 30.3 Å². The highest BCUT2D eigenvalue weighted by molar-refractivity contribution is 7.20. The van der Waals surface area contributed by atoms with Crippen LogP contribution >= 0.6 is 11.3 Å². The van der Waals surface area contributed by atoms with Gasteiger partial charge in [0.2, 0.25) is 0 Å². The van der Waals surface area contributed by atoms with E-state index in [4.69, 9.17) is 4.74 Å². The van der Waals surface area contributed by atoms with Crippen molar-refractivity contribution in [3.05, 3.63) is 35.2 Å². The van der Waals surface area contributed by atoms with Crippen LogP contribution in [0.25, 0.3) is 10.1 Å². The SMILES string of the molecule is O=C1CCOCC1C(=O)c1cc2ccccc2s1. The summed E-state index contributed by atoms with van der Waals surface area (Å²) < 4.78 is 6.31. The molecule has 0 saturated carbocycles. The van der Waals surface area contributed by atoms with Crippen molar-refractivity contribution in [3.8, 4) is 0 Å². The fraction of sp³-hybridized carbons (Fsp3) is 0.286. The molecule has 1 aromatic carbocycles. The number of hydrogen-bond acceptors (Lipinski definition) is 4. The van der Waals surface area contributed by atoms with Crippen molar-refractivity contribution in [1.29, 1.82) is 0 Å². The zero-order valence-electron chi connectivity index (χ0n) is 9.72. The molecule has 4 heteroatoms. The summed E-state index contributed by atoms with van der Waals surface area (Å²) in [7, 11) is 0. The van der Waals surface area contributed by atoms with Crippen LogP contribution in [0.3, 0.4) is 0 Å². The van der Waals surface area contributed by atoms with E-state index >= 15 is 0 Å². The molecule has 1 fully saturated rings. The normalized spacial score (nSPS) is 20.2. The Morgan fingerprint density at radius 2 is 2.17 bits per heavy atom. The molecular formula is C14H12O3S. The summed E-state index contributed by atoms with van der Waals surface area (Å²) in [6, 6.07) is 9.71. The minimum atomic E-state index is -0.605. The molecular weight excluding hydrogens is 248 g/mol. The van der Waals surface area contributed by atoms with Crippen molar-refractivity contribution >= 4 is 33.0 Å². The molecule has 1 aliphatic rings. The fourth-order valence-electron chi connectivity index (χ4n) is 2.14. The van der Waals surface area contributed by atoms with Gasteiger partial charge in [-0.1, -0.05) is 18.2 Å². The van der Waals surface area contributed by atoms with Crippen LogP contribution in [0.4, 0.5) is 0 Å². The molecule has 1 aromatic heterocycles. The van der Waals surface area contributed by atoms with E-state index in [-0.39, 0.29) is 18.2 Å². The number of Topliss-reactive ketones (excluding diaryl/α,β-unsaturated/α-hetero) is 2. The van der Waals surface area contributed by atoms with Gasteiger partial charge in [0.25, 0.3) is 0 Å². The highest BCUT2D eigenvalue weighted by Gasteiger charge is 2.31. The van der Waals surface area contributed by atoms with Gasteiger partial charge in [-0.3, -0.25) is 9.59 Å². The average Bonchev–Trinajstić information content (AvgIpc) is 2.82. The van der Waals surface area contributed by atoms with E-state index in [0.29, 0.717) is 17.9 Å². The molecule has 1 atom stereocenters. The van der Waals surface area contributed by atoms with Crippen molar-refractivity contribution in [2.45, 2.75) is 6.42 Å². The predicted octanol–water partition coefficient (Wildman–Crippen LogP) is 2.69. The number of hydrogen-bond donors (Lipinski definition) is 0. The first-order valence-corrected chi connectivity index (χ1v) is 6.70. The Balaban J connectivity index is 1.93. The van der Waals surface area contributed by atoms with Crippen LogP contribution in [0.1, 0.15) is 16.1 Å². The van der Waals surface area contributed by atoms with Crippen molar-refractivity contribution < 1.29 is 14.3 Å². The van der Waals surface area contributed by atoms with Gasteiger partial charge in [0.15, 0.2) is 5.78 Å². The number of rotatable bonds is 2. The lowest BCUT2D eigenvalue weighted by molar-refractivity contribution is -0.128. The van der Waals surface area contributed by atoms with Crippen molar-refractivity contribution in [3.63, 3.8) is 0 Å². The number of carbonyl (C=O) groups excluding carboxylic acids is 2. The maximum atomic E-state index is 12.3.